The second-order valence-electron chi connectivity index (χ2n) is 4.93. The fraction of sp³-hybridized carbons (Fsp3) is 0.533. The van der Waals surface area contributed by atoms with Crippen molar-refractivity contribution in [2.45, 2.75) is 19.6 Å². The summed E-state index contributed by atoms with van der Waals surface area (Å²) in [6.45, 7) is 7.55. The Bertz CT molecular complexity index is 486. The molecule has 1 fully saturated rings. The predicted octanol–water partition coefficient (Wildman–Crippen LogP) is 2.02. The quantitative estimate of drug-likeness (QED) is 0.902. The van der Waals surface area contributed by atoms with Crippen molar-refractivity contribution < 1.29 is 4.74 Å². The van der Waals surface area contributed by atoms with Crippen LogP contribution < -0.4 is 5.32 Å². The molecule has 5 heteroatoms. The molecule has 0 bridgehead atoms. The van der Waals surface area contributed by atoms with Gasteiger partial charge in [-0.1, -0.05) is 24.6 Å². The largest absolute Gasteiger partial charge is 0.374 e. The van der Waals surface area contributed by atoms with Crippen molar-refractivity contribution in [3.8, 4) is 6.07 Å². The summed E-state index contributed by atoms with van der Waals surface area (Å²) in [7, 11) is 0. The summed E-state index contributed by atoms with van der Waals surface area (Å²) < 4.78 is 5.73. The third-order valence-corrected chi connectivity index (χ3v) is 3.89. The predicted molar refractivity (Wildman–Crippen MR) is 79.7 cm³/mol. The van der Waals surface area contributed by atoms with Gasteiger partial charge in [-0.15, -0.1) is 0 Å². The molecule has 0 spiro atoms. The van der Waals surface area contributed by atoms with Crippen molar-refractivity contribution in [2.75, 3.05) is 32.8 Å². The lowest BCUT2D eigenvalue weighted by Gasteiger charge is -2.32. The minimum absolute atomic E-state index is 0.237. The molecule has 20 heavy (non-hydrogen) atoms. The maximum atomic E-state index is 8.80. The number of likely N-dealkylation sites (N-methyl/N-ethyl adjacent to an activating group) is 1. The highest BCUT2D eigenvalue weighted by atomic mass is 35.5. The molecule has 1 heterocycles. The van der Waals surface area contributed by atoms with E-state index in [1.165, 1.54) is 0 Å². The van der Waals surface area contributed by atoms with E-state index in [2.05, 4.69) is 23.2 Å². The van der Waals surface area contributed by atoms with E-state index in [9.17, 15) is 0 Å². The zero-order chi connectivity index (χ0) is 14.4. The second-order valence-corrected chi connectivity index (χ2v) is 5.34. The van der Waals surface area contributed by atoms with Crippen molar-refractivity contribution in [1.82, 2.24) is 10.2 Å². The maximum Gasteiger partial charge on any atom is 0.0992 e. The number of halogens is 1. The number of nitriles is 1. The molecule has 1 saturated heterocycles. The van der Waals surface area contributed by atoms with E-state index in [1.54, 1.807) is 12.1 Å². The van der Waals surface area contributed by atoms with Crippen LogP contribution in [0.1, 0.15) is 18.1 Å². The number of rotatable bonds is 5. The first-order valence-electron chi connectivity index (χ1n) is 6.96. The van der Waals surface area contributed by atoms with Gasteiger partial charge in [0.15, 0.2) is 0 Å². The Morgan fingerprint density at radius 2 is 2.40 bits per heavy atom. The average Bonchev–Trinajstić information content (AvgIpc) is 2.49. The van der Waals surface area contributed by atoms with Crippen LogP contribution in [-0.2, 0) is 11.3 Å². The second kappa shape index (κ2) is 7.61. The van der Waals surface area contributed by atoms with Gasteiger partial charge in [-0.3, -0.25) is 4.90 Å². The first-order chi connectivity index (χ1) is 9.72. The highest BCUT2D eigenvalue weighted by Gasteiger charge is 2.18. The van der Waals surface area contributed by atoms with Crippen LogP contribution in [0.3, 0.4) is 0 Å². The number of nitrogens with one attached hydrogen (secondary N) is 1. The Morgan fingerprint density at radius 1 is 1.55 bits per heavy atom. The van der Waals surface area contributed by atoms with Crippen LogP contribution in [0.5, 0.6) is 0 Å². The van der Waals surface area contributed by atoms with E-state index in [1.807, 2.05) is 6.07 Å². The van der Waals surface area contributed by atoms with Crippen LogP contribution in [0.25, 0.3) is 0 Å². The van der Waals surface area contributed by atoms with Gasteiger partial charge in [0, 0.05) is 31.2 Å². The molecule has 1 atom stereocenters. The van der Waals surface area contributed by atoms with Gasteiger partial charge in [-0.25, -0.2) is 0 Å². The van der Waals surface area contributed by atoms with E-state index >= 15 is 0 Å². The lowest BCUT2D eigenvalue weighted by molar-refractivity contribution is -0.0253. The molecule has 1 unspecified atom stereocenters. The van der Waals surface area contributed by atoms with E-state index in [-0.39, 0.29) is 6.10 Å². The molecule has 108 valence electrons. The van der Waals surface area contributed by atoms with Crippen molar-refractivity contribution in [3.63, 3.8) is 0 Å². The van der Waals surface area contributed by atoms with E-state index < -0.39 is 0 Å². The summed E-state index contributed by atoms with van der Waals surface area (Å²) in [6, 6.07) is 7.47. The summed E-state index contributed by atoms with van der Waals surface area (Å²) in [5.41, 5.74) is 1.60. The maximum absolute atomic E-state index is 8.80. The Hall–Kier alpha value is -1.12. The SMILES string of the molecule is CCN1CCOC(CNCc2ccc(C#N)cc2Cl)C1. The van der Waals surface area contributed by atoms with Gasteiger partial charge in [0.05, 0.1) is 24.3 Å². The normalized spacial score (nSPS) is 19.8. The molecule has 1 N–H and O–H groups in total. The highest BCUT2D eigenvalue weighted by molar-refractivity contribution is 6.31. The summed E-state index contributed by atoms with van der Waals surface area (Å²) >= 11 is 6.14. The Morgan fingerprint density at radius 3 is 3.10 bits per heavy atom. The standard InChI is InChI=1S/C15H20ClN3O/c1-2-19-5-6-20-14(11-19)10-18-9-13-4-3-12(8-17)7-15(13)16/h3-4,7,14,18H,2,5-6,9-11H2,1H3. The molecule has 0 aromatic heterocycles. The topological polar surface area (TPSA) is 48.3 Å². The molecule has 1 aliphatic rings. The van der Waals surface area contributed by atoms with Crippen LogP contribution in [0.4, 0.5) is 0 Å². The van der Waals surface area contributed by atoms with Gasteiger partial charge in [0.25, 0.3) is 0 Å². The van der Waals surface area contributed by atoms with Crippen LogP contribution in [0.15, 0.2) is 18.2 Å². The van der Waals surface area contributed by atoms with Crippen LogP contribution in [0, 0.1) is 11.3 Å². The Balaban J connectivity index is 1.80. The average molecular weight is 294 g/mol. The molecule has 2 rings (SSSR count). The Kier molecular flexibility index (Phi) is 5.81. The van der Waals surface area contributed by atoms with Crippen molar-refractivity contribution in [2.24, 2.45) is 0 Å². The first kappa shape index (κ1) is 15.3. The van der Waals surface area contributed by atoms with E-state index in [0.29, 0.717) is 17.1 Å². The van der Waals surface area contributed by atoms with Gasteiger partial charge in [0.2, 0.25) is 0 Å². The van der Waals surface area contributed by atoms with Gasteiger partial charge in [-0.05, 0) is 24.2 Å². The third-order valence-electron chi connectivity index (χ3n) is 3.54. The van der Waals surface area contributed by atoms with E-state index in [4.69, 9.17) is 21.6 Å². The summed E-state index contributed by atoms with van der Waals surface area (Å²) in [5.74, 6) is 0. The molecule has 1 aliphatic heterocycles. The molecule has 0 aliphatic carbocycles. The molecule has 1 aromatic rings. The molecular formula is C15H20ClN3O. The molecule has 4 nitrogen and oxygen atoms in total. The monoisotopic (exact) mass is 293 g/mol. The summed E-state index contributed by atoms with van der Waals surface area (Å²) in [5, 5.41) is 12.8. The molecular weight excluding hydrogens is 274 g/mol. The third kappa shape index (κ3) is 4.19. The molecule has 1 aromatic carbocycles. The minimum atomic E-state index is 0.237. The first-order valence-corrected chi connectivity index (χ1v) is 7.34. The fourth-order valence-electron chi connectivity index (χ4n) is 2.32. The van der Waals surface area contributed by atoms with Crippen molar-refractivity contribution >= 4 is 11.6 Å². The van der Waals surface area contributed by atoms with Crippen LogP contribution in [-0.4, -0.2) is 43.8 Å². The number of hydrogen-bond acceptors (Lipinski definition) is 4. The number of ether oxygens (including phenoxy) is 1. The lowest BCUT2D eigenvalue weighted by Crippen LogP contribution is -2.46. The van der Waals surface area contributed by atoms with Crippen molar-refractivity contribution in [1.29, 1.82) is 5.26 Å². The molecule has 0 saturated carbocycles. The fourth-order valence-corrected chi connectivity index (χ4v) is 2.57. The van der Waals surface area contributed by atoms with Gasteiger partial charge >= 0.3 is 0 Å². The molecule has 0 amide bonds. The van der Waals surface area contributed by atoms with Gasteiger partial charge < -0.3 is 10.1 Å². The van der Waals surface area contributed by atoms with Crippen LogP contribution >= 0.6 is 11.6 Å². The number of benzene rings is 1. The molecule has 0 radical (unpaired) electrons. The van der Waals surface area contributed by atoms with Gasteiger partial charge in [0.1, 0.15) is 0 Å². The minimum Gasteiger partial charge on any atom is -0.374 e. The number of morpholine rings is 1. The smallest absolute Gasteiger partial charge is 0.0992 e. The zero-order valence-corrected chi connectivity index (χ0v) is 12.5. The van der Waals surface area contributed by atoms with Crippen molar-refractivity contribution in [3.05, 3.63) is 34.3 Å². The number of nitrogens with zero attached hydrogens (tertiary/aromatic N) is 2. The lowest BCUT2D eigenvalue weighted by atomic mass is 10.1. The summed E-state index contributed by atoms with van der Waals surface area (Å²) in [4.78, 5) is 2.39. The van der Waals surface area contributed by atoms with Crippen LogP contribution in [0.2, 0.25) is 5.02 Å². The summed E-state index contributed by atoms with van der Waals surface area (Å²) in [6.07, 6.45) is 0.237. The highest BCUT2D eigenvalue weighted by Crippen LogP contribution is 2.17. The zero-order valence-electron chi connectivity index (χ0n) is 11.7. The van der Waals surface area contributed by atoms with Gasteiger partial charge in [-0.2, -0.15) is 5.26 Å². The Labute approximate surface area is 125 Å². The van der Waals surface area contributed by atoms with E-state index in [0.717, 1.165) is 38.3 Å². The number of hydrogen-bond donors (Lipinski definition) is 1.